The van der Waals surface area contributed by atoms with Crippen molar-refractivity contribution in [1.82, 2.24) is 9.97 Å². The standard InChI is InChI=1S/C27H26N4O2/c1-13-7-17(8-14(2)23(13)28)27(18-9-15(3)24(29)16(4)10-18)20-12-22(33)21(32)11-19(20)25-26(27)31-6-5-30-25/h5-12,32-33H,28-29H2,1-4H3. The predicted octanol–water partition coefficient (Wildman–Crippen LogP) is 4.65. The van der Waals surface area contributed by atoms with Crippen LogP contribution in [0.3, 0.4) is 0 Å². The Hall–Kier alpha value is -4.06. The molecule has 3 aromatic carbocycles. The molecule has 0 spiro atoms. The summed E-state index contributed by atoms with van der Waals surface area (Å²) in [6.45, 7) is 7.95. The number of hydrogen-bond acceptors (Lipinski definition) is 6. The molecule has 0 bridgehead atoms. The maximum atomic E-state index is 10.6. The minimum absolute atomic E-state index is 0.196. The van der Waals surface area contributed by atoms with Crippen molar-refractivity contribution in [2.24, 2.45) is 0 Å². The first kappa shape index (κ1) is 20.8. The molecule has 0 saturated carbocycles. The number of phenols is 2. The Balaban J connectivity index is 2.03. The quantitative estimate of drug-likeness (QED) is 0.235. The first-order valence-electron chi connectivity index (χ1n) is 10.8. The summed E-state index contributed by atoms with van der Waals surface area (Å²) in [6, 6.07) is 11.5. The smallest absolute Gasteiger partial charge is 0.158 e. The van der Waals surface area contributed by atoms with Gasteiger partial charge in [0, 0.05) is 29.3 Å². The molecule has 0 atom stereocenters. The largest absolute Gasteiger partial charge is 0.504 e. The second-order valence-corrected chi connectivity index (χ2v) is 8.94. The molecule has 1 heterocycles. The Morgan fingerprint density at radius 2 is 1.12 bits per heavy atom. The van der Waals surface area contributed by atoms with Crippen LogP contribution >= 0.6 is 0 Å². The highest BCUT2D eigenvalue weighted by Crippen LogP contribution is 2.57. The number of hydrogen-bond donors (Lipinski definition) is 4. The van der Waals surface area contributed by atoms with E-state index in [9.17, 15) is 10.2 Å². The van der Waals surface area contributed by atoms with Crippen LogP contribution in [0.15, 0.2) is 48.8 Å². The SMILES string of the molecule is Cc1cc(C2(c3cc(C)c(N)c(C)c3)c3cc(O)c(O)cc3-c3nccnc32)cc(C)c1N. The van der Waals surface area contributed by atoms with E-state index in [2.05, 4.69) is 29.2 Å². The molecular formula is C27H26N4O2. The molecule has 1 aromatic heterocycles. The average molecular weight is 439 g/mol. The zero-order valence-corrected chi connectivity index (χ0v) is 19.1. The van der Waals surface area contributed by atoms with Gasteiger partial charge in [-0.05, 0) is 78.8 Å². The van der Waals surface area contributed by atoms with Crippen LogP contribution in [-0.4, -0.2) is 20.2 Å². The van der Waals surface area contributed by atoms with E-state index in [-0.39, 0.29) is 11.5 Å². The van der Waals surface area contributed by atoms with Crippen LogP contribution in [-0.2, 0) is 5.41 Å². The molecule has 6 heteroatoms. The van der Waals surface area contributed by atoms with E-state index in [1.165, 1.54) is 0 Å². The maximum absolute atomic E-state index is 10.6. The Morgan fingerprint density at radius 1 is 0.667 bits per heavy atom. The zero-order chi connectivity index (χ0) is 23.7. The van der Waals surface area contributed by atoms with Gasteiger partial charge in [0.2, 0.25) is 0 Å². The molecule has 1 aliphatic rings. The summed E-state index contributed by atoms with van der Waals surface area (Å²) in [5, 5.41) is 20.9. The second-order valence-electron chi connectivity index (χ2n) is 8.94. The van der Waals surface area contributed by atoms with Gasteiger partial charge in [-0.2, -0.15) is 0 Å². The van der Waals surface area contributed by atoms with Crippen LogP contribution in [0.5, 0.6) is 11.5 Å². The van der Waals surface area contributed by atoms with E-state index in [4.69, 9.17) is 16.5 Å². The van der Waals surface area contributed by atoms with Gasteiger partial charge in [0.05, 0.1) is 16.8 Å². The Labute approximate surface area is 192 Å². The predicted molar refractivity (Wildman–Crippen MR) is 130 cm³/mol. The van der Waals surface area contributed by atoms with E-state index in [1.54, 1.807) is 24.5 Å². The minimum atomic E-state index is -0.878. The fourth-order valence-corrected chi connectivity index (χ4v) is 5.15. The number of benzene rings is 3. The third-order valence-electron chi connectivity index (χ3n) is 6.88. The number of nitrogen functional groups attached to an aromatic ring is 2. The van der Waals surface area contributed by atoms with Gasteiger partial charge >= 0.3 is 0 Å². The molecule has 166 valence electrons. The fraction of sp³-hybridized carbons (Fsp3) is 0.185. The van der Waals surface area contributed by atoms with E-state index < -0.39 is 5.41 Å². The lowest BCUT2D eigenvalue weighted by Crippen LogP contribution is -2.30. The van der Waals surface area contributed by atoms with Gasteiger partial charge in [-0.15, -0.1) is 0 Å². The molecule has 0 radical (unpaired) electrons. The van der Waals surface area contributed by atoms with Crippen LogP contribution in [0.2, 0.25) is 0 Å². The number of fused-ring (bicyclic) bond motifs is 3. The van der Waals surface area contributed by atoms with Crippen molar-refractivity contribution in [2.45, 2.75) is 33.1 Å². The number of aryl methyl sites for hydroxylation is 4. The molecule has 6 nitrogen and oxygen atoms in total. The summed E-state index contributed by atoms with van der Waals surface area (Å²) in [4.78, 5) is 9.45. The van der Waals surface area contributed by atoms with Crippen molar-refractivity contribution >= 4 is 11.4 Å². The van der Waals surface area contributed by atoms with E-state index in [1.807, 2.05) is 27.7 Å². The van der Waals surface area contributed by atoms with Gasteiger partial charge in [0.25, 0.3) is 0 Å². The summed E-state index contributed by atoms with van der Waals surface area (Å²) < 4.78 is 0. The van der Waals surface area contributed by atoms with Crippen molar-refractivity contribution in [3.05, 3.63) is 93.4 Å². The number of phenolic OH excluding ortho intramolecular Hbond substituents is 2. The molecule has 5 rings (SSSR count). The van der Waals surface area contributed by atoms with Gasteiger partial charge in [-0.1, -0.05) is 24.3 Å². The normalized spacial score (nSPS) is 13.6. The van der Waals surface area contributed by atoms with E-state index in [0.717, 1.165) is 61.6 Å². The lowest BCUT2D eigenvalue weighted by atomic mass is 9.68. The third-order valence-corrected chi connectivity index (χ3v) is 6.88. The Bertz CT molecular complexity index is 1360. The summed E-state index contributed by atoms with van der Waals surface area (Å²) in [6.07, 6.45) is 3.31. The van der Waals surface area contributed by atoms with Gasteiger partial charge in [-0.25, -0.2) is 0 Å². The van der Waals surface area contributed by atoms with Crippen LogP contribution < -0.4 is 11.5 Å². The van der Waals surface area contributed by atoms with Crippen LogP contribution in [0.1, 0.15) is 44.6 Å². The topological polar surface area (TPSA) is 118 Å². The first-order chi connectivity index (χ1) is 15.7. The third kappa shape index (κ3) is 2.73. The second kappa shape index (κ2) is 6.97. The lowest BCUT2D eigenvalue weighted by Gasteiger charge is -2.34. The van der Waals surface area contributed by atoms with Crippen molar-refractivity contribution in [1.29, 1.82) is 0 Å². The summed E-state index contributed by atoms with van der Waals surface area (Å²) >= 11 is 0. The summed E-state index contributed by atoms with van der Waals surface area (Å²) in [5.74, 6) is -0.394. The highest BCUT2D eigenvalue weighted by Gasteiger charge is 2.49. The van der Waals surface area contributed by atoms with Crippen molar-refractivity contribution in [2.75, 3.05) is 11.5 Å². The van der Waals surface area contributed by atoms with Crippen molar-refractivity contribution < 1.29 is 10.2 Å². The number of nitrogens with zero attached hydrogens (tertiary/aromatic N) is 2. The van der Waals surface area contributed by atoms with E-state index in [0.29, 0.717) is 5.69 Å². The summed E-state index contributed by atoms with van der Waals surface area (Å²) in [7, 11) is 0. The average Bonchev–Trinajstić information content (AvgIpc) is 3.06. The van der Waals surface area contributed by atoms with Crippen LogP contribution in [0, 0.1) is 27.7 Å². The number of aromatic hydroxyl groups is 2. The molecule has 0 aliphatic heterocycles. The van der Waals surface area contributed by atoms with Crippen molar-refractivity contribution in [3.8, 4) is 22.8 Å². The molecule has 0 saturated heterocycles. The molecule has 0 amide bonds. The van der Waals surface area contributed by atoms with Gasteiger partial charge in [0.15, 0.2) is 11.5 Å². The number of aromatic nitrogens is 2. The Morgan fingerprint density at radius 3 is 1.64 bits per heavy atom. The van der Waals surface area contributed by atoms with E-state index >= 15 is 0 Å². The highest BCUT2D eigenvalue weighted by atomic mass is 16.3. The molecule has 6 N–H and O–H groups in total. The molecule has 33 heavy (non-hydrogen) atoms. The van der Waals surface area contributed by atoms with Crippen molar-refractivity contribution in [3.63, 3.8) is 0 Å². The van der Waals surface area contributed by atoms with Gasteiger partial charge < -0.3 is 21.7 Å². The number of anilines is 2. The number of rotatable bonds is 2. The van der Waals surface area contributed by atoms with Crippen LogP contribution in [0.25, 0.3) is 11.3 Å². The zero-order valence-electron chi connectivity index (χ0n) is 19.1. The first-order valence-corrected chi connectivity index (χ1v) is 10.8. The highest BCUT2D eigenvalue weighted by molar-refractivity contribution is 5.85. The monoisotopic (exact) mass is 438 g/mol. The molecule has 0 fully saturated rings. The van der Waals surface area contributed by atoms with Crippen LogP contribution in [0.4, 0.5) is 11.4 Å². The molecular weight excluding hydrogens is 412 g/mol. The molecule has 4 aromatic rings. The lowest BCUT2D eigenvalue weighted by molar-refractivity contribution is 0.403. The summed E-state index contributed by atoms with van der Waals surface area (Å²) in [5.41, 5.74) is 21.9. The van der Waals surface area contributed by atoms with Gasteiger partial charge in [-0.3, -0.25) is 9.97 Å². The number of nitrogens with two attached hydrogens (primary N) is 2. The molecule has 0 unspecified atom stereocenters. The fourth-order valence-electron chi connectivity index (χ4n) is 5.15. The Kier molecular flexibility index (Phi) is 4.40. The van der Waals surface area contributed by atoms with Gasteiger partial charge in [0.1, 0.15) is 0 Å². The maximum Gasteiger partial charge on any atom is 0.158 e. The minimum Gasteiger partial charge on any atom is -0.504 e. The molecule has 1 aliphatic carbocycles.